The average Bonchev–Trinajstić information content (AvgIpc) is 3.08. The predicted octanol–water partition coefficient (Wildman–Crippen LogP) is 3.00. The van der Waals surface area contributed by atoms with Crippen molar-refractivity contribution in [3.63, 3.8) is 0 Å². The van der Waals surface area contributed by atoms with Gasteiger partial charge in [-0.25, -0.2) is 0 Å². The number of piperazine rings is 1. The van der Waals surface area contributed by atoms with Crippen LogP contribution < -0.4 is 4.90 Å². The first-order chi connectivity index (χ1) is 11.6. The minimum Gasteiger partial charge on any atom is -0.370 e. The predicted molar refractivity (Wildman–Crippen MR) is 97.6 cm³/mol. The van der Waals surface area contributed by atoms with Crippen LogP contribution in [0.2, 0.25) is 5.02 Å². The summed E-state index contributed by atoms with van der Waals surface area (Å²) < 4.78 is 0. The summed E-state index contributed by atoms with van der Waals surface area (Å²) in [5.74, 6) is 0.345. The van der Waals surface area contributed by atoms with Crippen molar-refractivity contribution >= 4 is 23.2 Å². The number of benzene rings is 1. The Kier molecular flexibility index (Phi) is 4.44. The summed E-state index contributed by atoms with van der Waals surface area (Å²) >= 11 is 6.34. The molecular formula is C19H26ClN3O. The number of halogens is 1. The van der Waals surface area contributed by atoms with E-state index in [4.69, 9.17) is 11.6 Å². The van der Waals surface area contributed by atoms with Crippen LogP contribution in [0.25, 0.3) is 0 Å². The summed E-state index contributed by atoms with van der Waals surface area (Å²) in [5, 5.41) is 0.832. The van der Waals surface area contributed by atoms with Crippen LogP contribution >= 0.6 is 11.6 Å². The van der Waals surface area contributed by atoms with Gasteiger partial charge in [0.25, 0.3) is 0 Å². The molecule has 0 aromatic heterocycles. The molecule has 1 aromatic rings. The lowest BCUT2D eigenvalue weighted by atomic mass is 9.97. The van der Waals surface area contributed by atoms with Crippen LogP contribution in [0.4, 0.5) is 5.69 Å². The second-order valence-corrected chi connectivity index (χ2v) is 7.78. The molecule has 0 N–H and O–H groups in total. The second kappa shape index (κ2) is 6.57. The normalized spacial score (nSPS) is 29.2. The van der Waals surface area contributed by atoms with E-state index in [-0.39, 0.29) is 6.04 Å². The molecule has 0 spiro atoms. The van der Waals surface area contributed by atoms with E-state index in [1.165, 1.54) is 12.8 Å². The van der Waals surface area contributed by atoms with Crippen LogP contribution in [0.15, 0.2) is 24.3 Å². The van der Waals surface area contributed by atoms with Gasteiger partial charge in [0.1, 0.15) is 0 Å². The summed E-state index contributed by atoms with van der Waals surface area (Å²) in [6.45, 7) is 6.15. The lowest BCUT2D eigenvalue weighted by Crippen LogP contribution is -2.62. The molecule has 0 unspecified atom stereocenters. The Bertz CT molecular complexity index is 614. The van der Waals surface area contributed by atoms with E-state index in [0.29, 0.717) is 18.0 Å². The number of hydrogen-bond donors (Lipinski definition) is 0. The number of anilines is 1. The Hall–Kier alpha value is -1.26. The Labute approximate surface area is 149 Å². The zero-order valence-corrected chi connectivity index (χ0v) is 15.1. The minimum atomic E-state index is 0.0382. The first-order valence-electron chi connectivity index (χ1n) is 9.21. The monoisotopic (exact) mass is 347 g/mol. The fourth-order valence-electron chi connectivity index (χ4n) is 4.71. The third-order valence-electron chi connectivity index (χ3n) is 6.06. The average molecular weight is 348 g/mol. The van der Waals surface area contributed by atoms with Crippen LogP contribution in [0.5, 0.6) is 0 Å². The molecule has 24 heavy (non-hydrogen) atoms. The van der Waals surface area contributed by atoms with Crippen molar-refractivity contribution in [2.24, 2.45) is 0 Å². The molecule has 3 fully saturated rings. The van der Waals surface area contributed by atoms with E-state index < -0.39 is 0 Å². The van der Waals surface area contributed by atoms with Gasteiger partial charge in [0.05, 0.1) is 16.8 Å². The van der Waals surface area contributed by atoms with Crippen molar-refractivity contribution in [2.45, 2.75) is 50.7 Å². The molecule has 0 aliphatic carbocycles. The van der Waals surface area contributed by atoms with Gasteiger partial charge in [0.15, 0.2) is 0 Å². The standard InChI is InChI=1S/C19H26ClN3O/c1-14-19(24)22-10-4-5-16(22)13-23(14)15-8-11-21(12-9-15)18-7-3-2-6-17(18)20/h2-3,6-7,14-16H,4-5,8-13H2,1H3/t14-,16+/m0/s1. The summed E-state index contributed by atoms with van der Waals surface area (Å²) in [6, 6.07) is 9.10. The number of amides is 1. The summed E-state index contributed by atoms with van der Waals surface area (Å²) in [5.41, 5.74) is 1.14. The molecule has 2 atom stereocenters. The van der Waals surface area contributed by atoms with E-state index in [9.17, 15) is 4.79 Å². The van der Waals surface area contributed by atoms with Crippen molar-refractivity contribution in [3.05, 3.63) is 29.3 Å². The molecule has 0 radical (unpaired) electrons. The number of carbonyl (C=O) groups is 1. The van der Waals surface area contributed by atoms with Crippen molar-refractivity contribution < 1.29 is 4.79 Å². The van der Waals surface area contributed by atoms with Crippen LogP contribution in [0.3, 0.4) is 0 Å². The molecule has 3 aliphatic heterocycles. The maximum atomic E-state index is 12.6. The van der Waals surface area contributed by atoms with E-state index in [0.717, 1.165) is 49.7 Å². The molecule has 1 amide bonds. The topological polar surface area (TPSA) is 26.8 Å². The fourth-order valence-corrected chi connectivity index (χ4v) is 4.97. The summed E-state index contributed by atoms with van der Waals surface area (Å²) in [7, 11) is 0. The van der Waals surface area contributed by atoms with E-state index >= 15 is 0 Å². The molecular weight excluding hydrogens is 322 g/mol. The van der Waals surface area contributed by atoms with Gasteiger partial charge in [-0.15, -0.1) is 0 Å². The van der Waals surface area contributed by atoms with Crippen molar-refractivity contribution in [1.29, 1.82) is 0 Å². The number of hydrogen-bond acceptors (Lipinski definition) is 3. The highest BCUT2D eigenvalue weighted by atomic mass is 35.5. The number of nitrogens with zero attached hydrogens (tertiary/aromatic N) is 3. The summed E-state index contributed by atoms with van der Waals surface area (Å²) in [6.07, 6.45) is 4.56. The Morgan fingerprint density at radius 3 is 2.54 bits per heavy atom. The van der Waals surface area contributed by atoms with Gasteiger partial charge in [-0.1, -0.05) is 23.7 Å². The van der Waals surface area contributed by atoms with E-state index in [1.807, 2.05) is 18.2 Å². The third-order valence-corrected chi connectivity index (χ3v) is 6.38. The molecule has 4 rings (SSSR count). The molecule has 3 aliphatic rings. The Morgan fingerprint density at radius 1 is 1.04 bits per heavy atom. The minimum absolute atomic E-state index is 0.0382. The molecule has 130 valence electrons. The first kappa shape index (κ1) is 16.2. The van der Waals surface area contributed by atoms with E-state index in [2.05, 4.69) is 27.7 Å². The maximum absolute atomic E-state index is 12.6. The van der Waals surface area contributed by atoms with Gasteiger partial charge in [0.2, 0.25) is 5.91 Å². The summed E-state index contributed by atoms with van der Waals surface area (Å²) in [4.78, 5) is 19.6. The third kappa shape index (κ3) is 2.80. The number of rotatable bonds is 2. The number of fused-ring (bicyclic) bond motifs is 1. The molecule has 4 nitrogen and oxygen atoms in total. The molecule has 0 saturated carbocycles. The highest BCUT2D eigenvalue weighted by Crippen LogP contribution is 2.32. The smallest absolute Gasteiger partial charge is 0.239 e. The highest BCUT2D eigenvalue weighted by Gasteiger charge is 2.43. The zero-order valence-electron chi connectivity index (χ0n) is 14.3. The lowest BCUT2D eigenvalue weighted by Gasteiger charge is -2.47. The van der Waals surface area contributed by atoms with Crippen LogP contribution in [0, 0.1) is 0 Å². The van der Waals surface area contributed by atoms with Gasteiger partial charge in [-0.2, -0.15) is 0 Å². The Balaban J connectivity index is 1.42. The number of para-hydroxylation sites is 1. The molecule has 3 saturated heterocycles. The molecule has 1 aromatic carbocycles. The lowest BCUT2D eigenvalue weighted by molar-refractivity contribution is -0.145. The first-order valence-corrected chi connectivity index (χ1v) is 9.58. The molecule has 3 heterocycles. The largest absolute Gasteiger partial charge is 0.370 e. The number of carbonyl (C=O) groups excluding carboxylic acids is 1. The quantitative estimate of drug-likeness (QED) is 0.822. The van der Waals surface area contributed by atoms with Gasteiger partial charge in [-0.05, 0) is 44.7 Å². The van der Waals surface area contributed by atoms with Gasteiger partial charge < -0.3 is 9.80 Å². The highest BCUT2D eigenvalue weighted by molar-refractivity contribution is 6.33. The van der Waals surface area contributed by atoms with E-state index in [1.54, 1.807) is 0 Å². The van der Waals surface area contributed by atoms with Crippen molar-refractivity contribution in [1.82, 2.24) is 9.80 Å². The van der Waals surface area contributed by atoms with Gasteiger partial charge >= 0.3 is 0 Å². The number of piperidine rings is 1. The molecule has 5 heteroatoms. The van der Waals surface area contributed by atoms with Crippen LogP contribution in [-0.4, -0.2) is 60.0 Å². The maximum Gasteiger partial charge on any atom is 0.239 e. The van der Waals surface area contributed by atoms with Crippen LogP contribution in [0.1, 0.15) is 32.6 Å². The Morgan fingerprint density at radius 2 is 1.79 bits per heavy atom. The SMILES string of the molecule is C[C@H]1C(=O)N2CCC[C@@H]2CN1C1CCN(c2ccccc2Cl)CC1. The fraction of sp³-hybridized carbons (Fsp3) is 0.632. The van der Waals surface area contributed by atoms with Gasteiger partial charge in [-0.3, -0.25) is 9.69 Å². The van der Waals surface area contributed by atoms with Gasteiger partial charge in [0, 0.05) is 38.3 Å². The second-order valence-electron chi connectivity index (χ2n) is 7.37. The van der Waals surface area contributed by atoms with Crippen LogP contribution in [-0.2, 0) is 4.79 Å². The van der Waals surface area contributed by atoms with Crippen molar-refractivity contribution in [3.8, 4) is 0 Å². The zero-order chi connectivity index (χ0) is 16.7. The molecule has 0 bridgehead atoms. The van der Waals surface area contributed by atoms with Crippen molar-refractivity contribution in [2.75, 3.05) is 31.1 Å².